The Kier molecular flexibility index (Phi) is 5.98. The molecule has 32 heavy (non-hydrogen) atoms. The molecule has 2 amide bonds. The number of ether oxygens (including phenoxy) is 2. The number of halogens is 1. The van der Waals surface area contributed by atoms with Gasteiger partial charge < -0.3 is 14.0 Å². The van der Waals surface area contributed by atoms with Gasteiger partial charge in [-0.2, -0.15) is 0 Å². The second-order valence-electron chi connectivity index (χ2n) is 6.87. The molecule has 2 N–H and O–H groups in total. The number of fused-ring (bicyclic) bond motifs is 1. The van der Waals surface area contributed by atoms with Gasteiger partial charge in [0, 0.05) is 12.3 Å². The van der Waals surface area contributed by atoms with Gasteiger partial charge in [0.2, 0.25) is 6.79 Å². The predicted molar refractivity (Wildman–Crippen MR) is 113 cm³/mol. The van der Waals surface area contributed by atoms with Crippen molar-refractivity contribution < 1.29 is 23.5 Å². The number of rotatable bonds is 5. The number of hydrogen-bond donors (Lipinski definition) is 2. The van der Waals surface area contributed by atoms with Crippen molar-refractivity contribution >= 4 is 17.9 Å². The van der Waals surface area contributed by atoms with Gasteiger partial charge in [0.15, 0.2) is 11.5 Å². The van der Waals surface area contributed by atoms with Crippen LogP contribution < -0.4 is 25.9 Å². The van der Waals surface area contributed by atoms with Gasteiger partial charge >= 0.3 is 0 Å². The maximum atomic E-state index is 13.1. The minimum absolute atomic E-state index is 0.144. The highest BCUT2D eigenvalue weighted by Crippen LogP contribution is 2.32. The molecule has 2 heterocycles. The van der Waals surface area contributed by atoms with E-state index in [1.807, 2.05) is 0 Å². The molecule has 0 radical (unpaired) electrons. The molecule has 0 saturated carbocycles. The fraction of sp³-hybridized carbons (Fsp3) is 0.0870. The third-order valence-corrected chi connectivity index (χ3v) is 4.65. The number of hydrogen-bond acceptors (Lipinski definition) is 5. The predicted octanol–water partition coefficient (Wildman–Crippen LogP) is 2.24. The molecular weight excluding hydrogens is 417 g/mol. The summed E-state index contributed by atoms with van der Waals surface area (Å²) < 4.78 is 24.9. The molecule has 0 unspecified atom stereocenters. The molecule has 0 atom stereocenters. The minimum Gasteiger partial charge on any atom is -0.454 e. The Morgan fingerprint density at radius 1 is 1.03 bits per heavy atom. The van der Waals surface area contributed by atoms with E-state index in [4.69, 9.17) is 9.47 Å². The molecule has 0 fully saturated rings. The van der Waals surface area contributed by atoms with Gasteiger partial charge in [0.1, 0.15) is 11.4 Å². The smallest absolute Gasteiger partial charge is 0.275 e. The Balaban J connectivity index is 1.37. The monoisotopic (exact) mass is 435 g/mol. The molecule has 3 aromatic rings. The lowest BCUT2D eigenvalue weighted by molar-refractivity contribution is -0.117. The number of nitrogens with zero attached hydrogens (tertiary/aromatic N) is 1. The Hall–Kier alpha value is -4.40. The highest BCUT2D eigenvalue weighted by atomic mass is 19.1. The first-order valence-corrected chi connectivity index (χ1v) is 9.61. The van der Waals surface area contributed by atoms with Crippen LogP contribution in [0.5, 0.6) is 11.5 Å². The average molecular weight is 435 g/mol. The van der Waals surface area contributed by atoms with Crippen LogP contribution in [0.25, 0.3) is 6.08 Å². The van der Waals surface area contributed by atoms with Gasteiger partial charge in [-0.15, -0.1) is 0 Å². The maximum absolute atomic E-state index is 13.1. The van der Waals surface area contributed by atoms with Gasteiger partial charge in [-0.25, -0.2) is 4.39 Å². The second-order valence-corrected chi connectivity index (χ2v) is 6.87. The normalized spacial score (nSPS) is 12.0. The van der Waals surface area contributed by atoms with Crippen molar-refractivity contribution in [2.45, 2.75) is 6.54 Å². The summed E-state index contributed by atoms with van der Waals surface area (Å²) in [4.78, 5) is 37.0. The van der Waals surface area contributed by atoms with E-state index < -0.39 is 17.4 Å². The molecule has 0 aliphatic carbocycles. The van der Waals surface area contributed by atoms with Gasteiger partial charge in [-0.1, -0.05) is 18.2 Å². The molecule has 0 saturated heterocycles. The summed E-state index contributed by atoms with van der Waals surface area (Å²) in [6, 6.07) is 13.8. The van der Waals surface area contributed by atoms with E-state index in [9.17, 15) is 18.8 Å². The zero-order chi connectivity index (χ0) is 22.5. The van der Waals surface area contributed by atoms with Gasteiger partial charge in [-0.3, -0.25) is 25.2 Å². The zero-order valence-corrected chi connectivity index (χ0v) is 16.7. The zero-order valence-electron chi connectivity index (χ0n) is 16.7. The number of pyridine rings is 1. The third kappa shape index (κ3) is 4.84. The molecule has 9 heteroatoms. The van der Waals surface area contributed by atoms with Gasteiger partial charge in [0.05, 0.1) is 6.54 Å². The van der Waals surface area contributed by atoms with Crippen molar-refractivity contribution in [1.29, 1.82) is 0 Å². The topological polar surface area (TPSA) is 98.7 Å². The number of nitrogens with one attached hydrogen (secondary N) is 2. The fourth-order valence-corrected chi connectivity index (χ4v) is 3.04. The fourth-order valence-electron chi connectivity index (χ4n) is 3.04. The minimum atomic E-state index is -0.756. The van der Waals surface area contributed by atoms with E-state index >= 15 is 0 Å². The van der Waals surface area contributed by atoms with E-state index in [0.29, 0.717) is 22.6 Å². The quantitative estimate of drug-likeness (QED) is 0.473. The van der Waals surface area contributed by atoms with Crippen LogP contribution in [0.15, 0.2) is 71.7 Å². The van der Waals surface area contributed by atoms with Crippen LogP contribution in [-0.4, -0.2) is 23.2 Å². The van der Waals surface area contributed by atoms with Crippen LogP contribution in [0.1, 0.15) is 21.5 Å². The molecular formula is C23H18FN3O5. The summed E-state index contributed by atoms with van der Waals surface area (Å²) in [7, 11) is 0. The van der Waals surface area contributed by atoms with E-state index in [2.05, 4.69) is 10.9 Å². The van der Waals surface area contributed by atoms with Crippen LogP contribution in [0, 0.1) is 5.82 Å². The number of carbonyl (C=O) groups excluding carboxylic acids is 2. The Morgan fingerprint density at radius 3 is 2.62 bits per heavy atom. The molecule has 1 aromatic heterocycles. The number of hydrazine groups is 1. The Labute approximate surface area is 181 Å². The first-order chi connectivity index (χ1) is 15.5. The molecule has 162 valence electrons. The summed E-state index contributed by atoms with van der Waals surface area (Å²) in [6.45, 7) is 0.324. The summed E-state index contributed by atoms with van der Waals surface area (Å²) in [6.07, 6.45) is 4.30. The van der Waals surface area contributed by atoms with Crippen LogP contribution in [0.3, 0.4) is 0 Å². The van der Waals surface area contributed by atoms with Gasteiger partial charge in [0.25, 0.3) is 17.4 Å². The molecule has 1 aliphatic rings. The summed E-state index contributed by atoms with van der Waals surface area (Å²) in [5.41, 5.74) is 5.18. The van der Waals surface area contributed by atoms with Crippen molar-refractivity contribution in [2.75, 3.05) is 6.79 Å². The molecule has 0 bridgehead atoms. The standard InChI is InChI=1S/C23H18FN3O5/c24-17-7-3-16(4-8-17)13-27-11-1-2-18(23(27)30)22(29)26-25-21(28)10-6-15-5-9-19-20(12-15)32-14-31-19/h1-12H,13-14H2,(H,25,28)(H,26,29)/b10-6-. The SMILES string of the molecule is O=C(/C=C\c1ccc2c(c1)OCO2)NNC(=O)c1cccn(Cc2ccc(F)cc2)c1=O. The van der Waals surface area contributed by atoms with Gasteiger partial charge in [-0.05, 0) is 53.6 Å². The first kappa shape index (κ1) is 20.9. The van der Waals surface area contributed by atoms with Crippen LogP contribution >= 0.6 is 0 Å². The largest absolute Gasteiger partial charge is 0.454 e. The highest BCUT2D eigenvalue weighted by molar-refractivity contribution is 5.97. The maximum Gasteiger partial charge on any atom is 0.275 e. The third-order valence-electron chi connectivity index (χ3n) is 4.65. The van der Waals surface area contributed by atoms with E-state index in [1.165, 1.54) is 35.0 Å². The summed E-state index contributed by atoms with van der Waals surface area (Å²) in [5.74, 6) is -0.502. The summed E-state index contributed by atoms with van der Waals surface area (Å²) >= 11 is 0. The average Bonchev–Trinajstić information content (AvgIpc) is 3.27. The van der Waals surface area contributed by atoms with Crippen molar-refractivity contribution in [2.24, 2.45) is 0 Å². The number of amides is 2. The molecule has 1 aliphatic heterocycles. The van der Waals surface area contributed by atoms with Crippen molar-refractivity contribution in [3.8, 4) is 11.5 Å². The van der Waals surface area contributed by atoms with E-state index in [0.717, 1.165) is 0 Å². The Morgan fingerprint density at radius 2 is 1.81 bits per heavy atom. The molecule has 4 rings (SSSR count). The van der Waals surface area contributed by atoms with Crippen molar-refractivity contribution in [1.82, 2.24) is 15.4 Å². The van der Waals surface area contributed by atoms with Crippen molar-refractivity contribution in [3.05, 3.63) is 99.7 Å². The number of aromatic nitrogens is 1. The lowest BCUT2D eigenvalue weighted by atomic mass is 10.2. The molecule has 2 aromatic carbocycles. The van der Waals surface area contributed by atoms with E-state index in [-0.39, 0.29) is 24.7 Å². The second kappa shape index (κ2) is 9.17. The van der Waals surface area contributed by atoms with Crippen LogP contribution in [-0.2, 0) is 11.3 Å². The lowest BCUT2D eigenvalue weighted by Crippen LogP contribution is -2.43. The lowest BCUT2D eigenvalue weighted by Gasteiger charge is -2.09. The first-order valence-electron chi connectivity index (χ1n) is 9.61. The molecule has 8 nitrogen and oxygen atoms in total. The van der Waals surface area contributed by atoms with Crippen LogP contribution in [0.4, 0.5) is 4.39 Å². The van der Waals surface area contributed by atoms with Crippen LogP contribution in [0.2, 0.25) is 0 Å². The van der Waals surface area contributed by atoms with Crippen molar-refractivity contribution in [3.63, 3.8) is 0 Å². The highest BCUT2D eigenvalue weighted by Gasteiger charge is 2.14. The number of benzene rings is 2. The Bertz CT molecular complexity index is 1250. The number of carbonyl (C=O) groups is 2. The van der Waals surface area contributed by atoms with E-state index in [1.54, 1.807) is 42.5 Å². The molecule has 0 spiro atoms. The summed E-state index contributed by atoms with van der Waals surface area (Å²) in [5, 5.41) is 0.